The van der Waals surface area contributed by atoms with Crippen LogP contribution in [0.4, 0.5) is 0 Å². The van der Waals surface area contributed by atoms with Crippen LogP contribution in [0.5, 0.6) is 5.88 Å². The molecular weight excluding hydrogens is 222 g/mol. The van der Waals surface area contributed by atoms with Gasteiger partial charge < -0.3 is 4.74 Å². The predicted molar refractivity (Wildman–Crippen MR) is 65.4 cm³/mol. The number of carbonyl (C=O) groups excluding carboxylic acids is 1. The van der Waals surface area contributed by atoms with E-state index in [1.54, 1.807) is 26.3 Å². The summed E-state index contributed by atoms with van der Waals surface area (Å²) in [4.78, 5) is 14.7. The van der Waals surface area contributed by atoms with Crippen LogP contribution in [0.15, 0.2) is 18.3 Å². The SMILES string of the molecule is COc1ccc(C#CCCSC(C)=O)cn1. The molecule has 0 aliphatic heterocycles. The molecule has 3 nitrogen and oxygen atoms in total. The first-order chi connectivity index (χ1) is 7.72. The van der Waals surface area contributed by atoms with E-state index in [4.69, 9.17) is 4.74 Å². The molecule has 4 heteroatoms. The molecule has 1 heterocycles. The highest BCUT2D eigenvalue weighted by Crippen LogP contribution is 2.06. The second-order valence-electron chi connectivity index (χ2n) is 2.98. The van der Waals surface area contributed by atoms with Gasteiger partial charge in [-0.15, -0.1) is 0 Å². The Hall–Kier alpha value is -1.47. The van der Waals surface area contributed by atoms with E-state index in [1.165, 1.54) is 11.8 Å². The van der Waals surface area contributed by atoms with Crippen molar-refractivity contribution in [2.24, 2.45) is 0 Å². The first-order valence-electron chi connectivity index (χ1n) is 4.84. The highest BCUT2D eigenvalue weighted by atomic mass is 32.2. The first-order valence-corrected chi connectivity index (χ1v) is 5.83. The van der Waals surface area contributed by atoms with Gasteiger partial charge in [0.1, 0.15) is 0 Å². The summed E-state index contributed by atoms with van der Waals surface area (Å²) in [6.07, 6.45) is 2.38. The number of thioether (sulfide) groups is 1. The zero-order valence-electron chi connectivity index (χ0n) is 9.32. The van der Waals surface area contributed by atoms with Crippen molar-refractivity contribution < 1.29 is 9.53 Å². The maximum absolute atomic E-state index is 10.6. The first kappa shape index (κ1) is 12.6. The lowest BCUT2D eigenvalue weighted by Crippen LogP contribution is -1.87. The fraction of sp³-hybridized carbons (Fsp3) is 0.333. The van der Waals surface area contributed by atoms with E-state index in [0.717, 1.165) is 11.3 Å². The van der Waals surface area contributed by atoms with Crippen LogP contribution in [-0.2, 0) is 4.79 Å². The molecule has 1 aromatic heterocycles. The molecule has 1 rings (SSSR count). The molecular formula is C12H13NO2S. The van der Waals surface area contributed by atoms with Crippen LogP contribution in [0.2, 0.25) is 0 Å². The lowest BCUT2D eigenvalue weighted by molar-refractivity contribution is -0.109. The molecule has 0 atom stereocenters. The Morgan fingerprint density at radius 1 is 1.56 bits per heavy atom. The molecule has 1 aromatic rings. The molecule has 0 bridgehead atoms. The van der Waals surface area contributed by atoms with E-state index in [0.29, 0.717) is 12.3 Å². The summed E-state index contributed by atoms with van der Waals surface area (Å²) in [7, 11) is 1.58. The predicted octanol–water partition coefficient (Wildman–Crippen LogP) is 2.11. The average Bonchev–Trinajstić information content (AvgIpc) is 2.29. The Balaban J connectivity index is 2.41. The van der Waals surface area contributed by atoms with Gasteiger partial charge in [-0.25, -0.2) is 4.98 Å². The van der Waals surface area contributed by atoms with Gasteiger partial charge >= 0.3 is 0 Å². The highest BCUT2D eigenvalue weighted by molar-refractivity contribution is 8.13. The van der Waals surface area contributed by atoms with Crippen LogP contribution in [0.1, 0.15) is 18.9 Å². The van der Waals surface area contributed by atoms with E-state index in [1.807, 2.05) is 6.07 Å². The number of aromatic nitrogens is 1. The Labute approximate surface area is 99.6 Å². The summed E-state index contributed by atoms with van der Waals surface area (Å²) in [5.74, 6) is 7.29. The number of hydrogen-bond donors (Lipinski definition) is 0. The van der Waals surface area contributed by atoms with Gasteiger partial charge in [-0.3, -0.25) is 4.79 Å². The molecule has 0 fully saturated rings. The van der Waals surface area contributed by atoms with Gasteiger partial charge in [-0.05, 0) is 6.07 Å². The van der Waals surface area contributed by atoms with E-state index >= 15 is 0 Å². The molecule has 0 unspecified atom stereocenters. The molecule has 0 N–H and O–H groups in total. The van der Waals surface area contributed by atoms with Crippen molar-refractivity contribution in [1.29, 1.82) is 0 Å². The van der Waals surface area contributed by atoms with Crippen LogP contribution in [0.3, 0.4) is 0 Å². The standard InChI is InChI=1S/C12H13NO2S/c1-10(14)16-8-4-3-5-11-6-7-12(15-2)13-9-11/h6-7,9H,4,8H2,1-2H3. The van der Waals surface area contributed by atoms with Crippen molar-refractivity contribution in [1.82, 2.24) is 4.98 Å². The smallest absolute Gasteiger partial charge is 0.212 e. The summed E-state index contributed by atoms with van der Waals surface area (Å²) in [6.45, 7) is 1.56. The summed E-state index contributed by atoms with van der Waals surface area (Å²) < 4.78 is 4.94. The number of ether oxygens (including phenoxy) is 1. The van der Waals surface area contributed by atoms with Crippen LogP contribution in [0, 0.1) is 11.8 Å². The van der Waals surface area contributed by atoms with Crippen molar-refractivity contribution in [3.05, 3.63) is 23.9 Å². The summed E-state index contributed by atoms with van der Waals surface area (Å²) in [5, 5.41) is 0.132. The van der Waals surface area contributed by atoms with Crippen molar-refractivity contribution in [2.75, 3.05) is 12.9 Å². The molecule has 16 heavy (non-hydrogen) atoms. The molecule has 0 saturated carbocycles. The van der Waals surface area contributed by atoms with Gasteiger partial charge in [0, 0.05) is 36.9 Å². The Bertz CT molecular complexity index is 403. The molecule has 0 radical (unpaired) electrons. The Kier molecular flexibility index (Phi) is 5.44. The minimum atomic E-state index is 0.132. The third kappa shape index (κ3) is 4.85. The molecule has 0 aromatic carbocycles. The number of hydrogen-bond acceptors (Lipinski definition) is 4. The Morgan fingerprint density at radius 3 is 2.94 bits per heavy atom. The minimum Gasteiger partial charge on any atom is -0.481 e. The third-order valence-corrected chi connectivity index (χ3v) is 2.53. The molecule has 84 valence electrons. The quantitative estimate of drug-likeness (QED) is 0.594. The largest absolute Gasteiger partial charge is 0.481 e. The normalized spacial score (nSPS) is 9.12. The minimum absolute atomic E-state index is 0.132. The van der Waals surface area contributed by atoms with Crippen LogP contribution < -0.4 is 4.74 Å². The fourth-order valence-electron chi connectivity index (χ4n) is 0.985. The summed E-state index contributed by atoms with van der Waals surface area (Å²) in [6, 6.07) is 3.63. The van der Waals surface area contributed by atoms with E-state index in [2.05, 4.69) is 16.8 Å². The topological polar surface area (TPSA) is 39.2 Å². The van der Waals surface area contributed by atoms with Crippen molar-refractivity contribution in [3.63, 3.8) is 0 Å². The van der Waals surface area contributed by atoms with Crippen molar-refractivity contribution >= 4 is 16.9 Å². The van der Waals surface area contributed by atoms with Gasteiger partial charge in [0.15, 0.2) is 5.12 Å². The lowest BCUT2D eigenvalue weighted by Gasteiger charge is -1.96. The Morgan fingerprint density at radius 2 is 2.38 bits per heavy atom. The third-order valence-electron chi connectivity index (χ3n) is 1.71. The number of carbonyl (C=O) groups is 1. The van der Waals surface area contributed by atoms with Crippen molar-refractivity contribution in [3.8, 4) is 17.7 Å². The zero-order valence-corrected chi connectivity index (χ0v) is 10.1. The molecule has 0 spiro atoms. The average molecular weight is 235 g/mol. The highest BCUT2D eigenvalue weighted by Gasteiger charge is 1.92. The van der Waals surface area contributed by atoms with E-state index < -0.39 is 0 Å². The molecule has 0 amide bonds. The van der Waals surface area contributed by atoms with Crippen molar-refractivity contribution in [2.45, 2.75) is 13.3 Å². The van der Waals surface area contributed by atoms with Gasteiger partial charge in [-0.2, -0.15) is 0 Å². The lowest BCUT2D eigenvalue weighted by atomic mass is 10.3. The monoisotopic (exact) mass is 235 g/mol. The van der Waals surface area contributed by atoms with Gasteiger partial charge in [-0.1, -0.05) is 23.6 Å². The number of methoxy groups -OCH3 is 1. The maximum Gasteiger partial charge on any atom is 0.212 e. The fourth-order valence-corrected chi connectivity index (χ4v) is 1.48. The number of nitrogens with zero attached hydrogens (tertiary/aromatic N) is 1. The van der Waals surface area contributed by atoms with Gasteiger partial charge in [0.25, 0.3) is 0 Å². The molecule has 0 aliphatic carbocycles. The van der Waals surface area contributed by atoms with E-state index in [-0.39, 0.29) is 5.12 Å². The second kappa shape index (κ2) is 6.91. The maximum atomic E-state index is 10.6. The van der Waals surface area contributed by atoms with Gasteiger partial charge in [0.2, 0.25) is 5.88 Å². The number of pyridine rings is 1. The zero-order chi connectivity index (χ0) is 11.8. The second-order valence-corrected chi connectivity index (χ2v) is 4.25. The van der Waals surface area contributed by atoms with Crippen LogP contribution in [-0.4, -0.2) is 23.0 Å². The van der Waals surface area contributed by atoms with Crippen LogP contribution >= 0.6 is 11.8 Å². The van der Waals surface area contributed by atoms with Gasteiger partial charge in [0.05, 0.1) is 7.11 Å². The van der Waals surface area contributed by atoms with Crippen LogP contribution in [0.25, 0.3) is 0 Å². The molecule has 0 aliphatic rings. The van der Waals surface area contributed by atoms with E-state index in [9.17, 15) is 4.79 Å². The molecule has 0 saturated heterocycles. The number of rotatable bonds is 3. The summed E-state index contributed by atoms with van der Waals surface area (Å²) in [5.41, 5.74) is 0.855. The summed E-state index contributed by atoms with van der Waals surface area (Å²) >= 11 is 1.30.